The predicted octanol–water partition coefficient (Wildman–Crippen LogP) is 4.65. The lowest BCUT2D eigenvalue weighted by Crippen LogP contribution is -1.90. The molecule has 0 unspecified atom stereocenters. The molecule has 3 heteroatoms. The van der Waals surface area contributed by atoms with Crippen molar-refractivity contribution in [3.63, 3.8) is 0 Å². The molecule has 1 aromatic carbocycles. The van der Waals surface area contributed by atoms with Gasteiger partial charge in [0.15, 0.2) is 0 Å². The second-order valence-electron chi connectivity index (χ2n) is 4.12. The van der Waals surface area contributed by atoms with E-state index in [1.807, 2.05) is 30.3 Å². The van der Waals surface area contributed by atoms with Crippen molar-refractivity contribution in [2.24, 2.45) is 0 Å². The minimum atomic E-state index is 0.414. The first-order valence-electron chi connectivity index (χ1n) is 5.54. The molecule has 0 N–H and O–H groups in total. The fourth-order valence-corrected chi connectivity index (χ4v) is 1.97. The Morgan fingerprint density at radius 1 is 1.06 bits per heavy atom. The Bertz CT molecular complexity index is 497. The number of hydrogen-bond donors (Lipinski definition) is 0. The van der Waals surface area contributed by atoms with Gasteiger partial charge in [0, 0.05) is 17.4 Å². The molecule has 0 bridgehead atoms. The van der Waals surface area contributed by atoms with E-state index in [9.17, 15) is 0 Å². The number of halogens is 1. The quantitative estimate of drug-likeness (QED) is 0.788. The van der Waals surface area contributed by atoms with Gasteiger partial charge in [-0.25, -0.2) is 0 Å². The monoisotopic (exact) mass is 247 g/mol. The summed E-state index contributed by atoms with van der Waals surface area (Å²) in [5.41, 5.74) is 1.13. The van der Waals surface area contributed by atoms with Gasteiger partial charge in [-0.15, -0.1) is 0 Å². The summed E-state index contributed by atoms with van der Waals surface area (Å²) in [6.07, 6.45) is 3.39. The highest BCUT2D eigenvalue weighted by Gasteiger charge is 2.06. The van der Waals surface area contributed by atoms with Gasteiger partial charge >= 0.3 is 0 Å². The summed E-state index contributed by atoms with van der Waals surface area (Å²) in [5, 5.41) is 0.742. The van der Waals surface area contributed by atoms with Crippen molar-refractivity contribution < 1.29 is 4.74 Å². The van der Waals surface area contributed by atoms with Crippen LogP contribution in [0.1, 0.15) is 25.3 Å². The number of benzene rings is 1. The summed E-state index contributed by atoms with van der Waals surface area (Å²) in [5.74, 6) is 1.91. The molecule has 2 rings (SSSR count). The highest BCUT2D eigenvalue weighted by Crippen LogP contribution is 2.30. The number of nitrogens with zero attached hydrogens (tertiary/aromatic N) is 1. The Balaban J connectivity index is 2.21. The number of pyridine rings is 1. The third-order valence-corrected chi connectivity index (χ3v) is 2.81. The highest BCUT2D eigenvalue weighted by atomic mass is 35.5. The molecule has 0 saturated heterocycles. The number of hydrogen-bond acceptors (Lipinski definition) is 2. The average Bonchev–Trinajstić information content (AvgIpc) is 2.30. The van der Waals surface area contributed by atoms with Gasteiger partial charge in [0.1, 0.15) is 11.5 Å². The zero-order chi connectivity index (χ0) is 12.3. The molecule has 0 atom stereocenters. The van der Waals surface area contributed by atoms with E-state index in [4.69, 9.17) is 16.3 Å². The van der Waals surface area contributed by atoms with Crippen LogP contribution in [-0.2, 0) is 0 Å². The van der Waals surface area contributed by atoms with Gasteiger partial charge in [-0.2, -0.15) is 0 Å². The van der Waals surface area contributed by atoms with Gasteiger partial charge < -0.3 is 4.74 Å². The molecule has 0 aliphatic heterocycles. The Labute approximate surface area is 106 Å². The van der Waals surface area contributed by atoms with Crippen LogP contribution < -0.4 is 4.74 Å². The summed E-state index contributed by atoms with van der Waals surface area (Å²) in [7, 11) is 0. The lowest BCUT2D eigenvalue weighted by molar-refractivity contribution is 0.481. The molecule has 88 valence electrons. The Morgan fingerprint density at radius 3 is 2.35 bits per heavy atom. The molecule has 0 aliphatic rings. The Morgan fingerprint density at radius 2 is 1.76 bits per heavy atom. The Hall–Kier alpha value is -1.54. The molecule has 0 radical (unpaired) electrons. The number of aromatic nitrogens is 1. The molecule has 17 heavy (non-hydrogen) atoms. The van der Waals surface area contributed by atoms with Gasteiger partial charge in [-0.3, -0.25) is 4.98 Å². The van der Waals surface area contributed by atoms with Crippen LogP contribution in [0.3, 0.4) is 0 Å². The molecular weight excluding hydrogens is 234 g/mol. The van der Waals surface area contributed by atoms with Gasteiger partial charge in [-0.1, -0.05) is 31.5 Å². The first-order valence-corrected chi connectivity index (χ1v) is 5.92. The van der Waals surface area contributed by atoms with E-state index in [0.29, 0.717) is 5.92 Å². The Kier molecular flexibility index (Phi) is 3.64. The molecule has 0 amide bonds. The molecule has 1 heterocycles. The molecule has 2 nitrogen and oxygen atoms in total. The van der Waals surface area contributed by atoms with E-state index in [2.05, 4.69) is 18.8 Å². The van der Waals surface area contributed by atoms with Crippen molar-refractivity contribution in [1.82, 2.24) is 4.98 Å². The highest BCUT2D eigenvalue weighted by molar-refractivity contribution is 6.31. The van der Waals surface area contributed by atoms with Crippen molar-refractivity contribution in [3.8, 4) is 11.5 Å². The molecule has 0 spiro atoms. The van der Waals surface area contributed by atoms with Gasteiger partial charge in [0.2, 0.25) is 0 Å². The lowest BCUT2D eigenvalue weighted by atomic mass is 10.0. The van der Waals surface area contributed by atoms with E-state index in [1.165, 1.54) is 0 Å². The number of rotatable bonds is 3. The summed E-state index contributed by atoms with van der Waals surface area (Å²) >= 11 is 6.20. The smallest absolute Gasteiger partial charge is 0.130 e. The topological polar surface area (TPSA) is 22.1 Å². The maximum Gasteiger partial charge on any atom is 0.130 e. The third-order valence-electron chi connectivity index (χ3n) is 2.48. The lowest BCUT2D eigenvalue weighted by Gasteiger charge is -2.10. The SMILES string of the molecule is CC(C)c1ccc(Oc2ccncc2)cc1Cl. The van der Waals surface area contributed by atoms with Crippen LogP contribution in [0.5, 0.6) is 11.5 Å². The van der Waals surface area contributed by atoms with E-state index in [0.717, 1.165) is 22.1 Å². The van der Waals surface area contributed by atoms with Crippen molar-refractivity contribution >= 4 is 11.6 Å². The number of ether oxygens (including phenoxy) is 1. The average molecular weight is 248 g/mol. The third kappa shape index (κ3) is 2.98. The van der Waals surface area contributed by atoms with Crippen molar-refractivity contribution in [2.75, 3.05) is 0 Å². The molecule has 0 fully saturated rings. The summed E-state index contributed by atoms with van der Waals surface area (Å²) < 4.78 is 5.67. The predicted molar refractivity (Wildman–Crippen MR) is 69.9 cm³/mol. The van der Waals surface area contributed by atoms with Crippen molar-refractivity contribution in [1.29, 1.82) is 0 Å². The van der Waals surface area contributed by atoms with Crippen LogP contribution in [0.4, 0.5) is 0 Å². The fourth-order valence-electron chi connectivity index (χ4n) is 1.58. The molecule has 0 aliphatic carbocycles. The first kappa shape index (κ1) is 11.9. The minimum absolute atomic E-state index is 0.414. The standard InChI is InChI=1S/C14H14ClNO/c1-10(2)13-4-3-12(9-14(13)15)17-11-5-7-16-8-6-11/h3-10H,1-2H3. The minimum Gasteiger partial charge on any atom is -0.457 e. The van der Waals surface area contributed by atoms with Crippen molar-refractivity contribution in [2.45, 2.75) is 19.8 Å². The first-order chi connectivity index (χ1) is 8.16. The zero-order valence-electron chi connectivity index (χ0n) is 9.85. The van der Waals surface area contributed by atoms with Crippen LogP contribution in [0.15, 0.2) is 42.7 Å². The maximum atomic E-state index is 6.20. The second-order valence-corrected chi connectivity index (χ2v) is 4.53. The summed E-state index contributed by atoms with van der Waals surface area (Å²) in [6.45, 7) is 4.23. The summed E-state index contributed by atoms with van der Waals surface area (Å²) in [4.78, 5) is 3.94. The van der Waals surface area contributed by atoms with E-state index in [-0.39, 0.29) is 0 Å². The van der Waals surface area contributed by atoms with Crippen LogP contribution in [-0.4, -0.2) is 4.98 Å². The van der Waals surface area contributed by atoms with E-state index < -0.39 is 0 Å². The van der Waals surface area contributed by atoms with Crippen LogP contribution >= 0.6 is 11.6 Å². The largest absolute Gasteiger partial charge is 0.457 e. The molecular formula is C14H14ClNO. The van der Waals surface area contributed by atoms with Crippen LogP contribution in [0.25, 0.3) is 0 Å². The fraction of sp³-hybridized carbons (Fsp3) is 0.214. The van der Waals surface area contributed by atoms with Crippen molar-refractivity contribution in [3.05, 3.63) is 53.3 Å². The van der Waals surface area contributed by atoms with E-state index >= 15 is 0 Å². The van der Waals surface area contributed by atoms with Crippen LogP contribution in [0, 0.1) is 0 Å². The molecule has 0 saturated carbocycles. The zero-order valence-corrected chi connectivity index (χ0v) is 10.6. The summed E-state index contributed by atoms with van der Waals surface area (Å²) in [6, 6.07) is 9.40. The van der Waals surface area contributed by atoms with Gasteiger partial charge in [0.25, 0.3) is 0 Å². The molecule has 2 aromatic rings. The second kappa shape index (κ2) is 5.19. The normalized spacial score (nSPS) is 10.6. The maximum absolute atomic E-state index is 6.20. The van der Waals surface area contributed by atoms with Crippen LogP contribution in [0.2, 0.25) is 5.02 Å². The van der Waals surface area contributed by atoms with Gasteiger partial charge in [-0.05, 0) is 35.7 Å². The molecule has 1 aromatic heterocycles. The van der Waals surface area contributed by atoms with Gasteiger partial charge in [0.05, 0.1) is 0 Å². The van der Waals surface area contributed by atoms with E-state index in [1.54, 1.807) is 12.4 Å².